The Hall–Kier alpha value is -2.23. The molecule has 4 heteroatoms. The summed E-state index contributed by atoms with van der Waals surface area (Å²) in [5.74, 6) is 0.394. The van der Waals surface area contributed by atoms with E-state index < -0.39 is 0 Å². The third-order valence-electron chi connectivity index (χ3n) is 4.02. The molecule has 0 atom stereocenters. The molecular formula is C22H20ClNOS. The first kappa shape index (κ1) is 18.6. The standard InChI is InChI=1S/C22H20ClNOS/c23-20-14-8-7-13-19(20)15-24-21(25)16-26-22(17-9-3-1-4-10-17)18-11-5-2-6-12-18/h1-14,22H,15-16H2,(H,24,25). The van der Waals surface area contributed by atoms with Gasteiger partial charge in [0.1, 0.15) is 0 Å². The predicted molar refractivity (Wildman–Crippen MR) is 110 cm³/mol. The summed E-state index contributed by atoms with van der Waals surface area (Å²) < 4.78 is 0. The molecule has 0 aliphatic heterocycles. The van der Waals surface area contributed by atoms with Crippen molar-refractivity contribution in [3.63, 3.8) is 0 Å². The molecule has 2 nitrogen and oxygen atoms in total. The molecule has 132 valence electrons. The van der Waals surface area contributed by atoms with Crippen LogP contribution in [-0.2, 0) is 11.3 Å². The Morgan fingerprint density at radius 2 is 1.38 bits per heavy atom. The van der Waals surface area contributed by atoms with Crippen molar-refractivity contribution in [1.29, 1.82) is 0 Å². The number of carbonyl (C=O) groups excluding carboxylic acids is 1. The van der Waals surface area contributed by atoms with E-state index in [2.05, 4.69) is 29.6 Å². The predicted octanol–water partition coefficient (Wildman–Crippen LogP) is 5.48. The molecule has 0 unspecified atom stereocenters. The minimum atomic E-state index is 0.00628. The Balaban J connectivity index is 1.63. The van der Waals surface area contributed by atoms with Crippen LogP contribution in [0.2, 0.25) is 5.02 Å². The monoisotopic (exact) mass is 381 g/mol. The first-order valence-corrected chi connectivity index (χ1v) is 9.88. The number of benzene rings is 3. The normalized spacial score (nSPS) is 10.7. The second kappa shape index (κ2) is 9.46. The van der Waals surface area contributed by atoms with E-state index in [1.165, 1.54) is 11.1 Å². The average Bonchev–Trinajstić information content (AvgIpc) is 2.69. The quantitative estimate of drug-likeness (QED) is 0.587. The van der Waals surface area contributed by atoms with Crippen molar-refractivity contribution in [1.82, 2.24) is 5.32 Å². The second-order valence-corrected chi connectivity index (χ2v) is 7.38. The number of hydrogen-bond acceptors (Lipinski definition) is 2. The molecule has 0 heterocycles. The Labute approximate surface area is 163 Å². The molecule has 0 aliphatic carbocycles. The molecule has 1 N–H and O–H groups in total. The molecule has 0 radical (unpaired) electrons. The first-order valence-electron chi connectivity index (χ1n) is 8.45. The zero-order chi connectivity index (χ0) is 18.2. The van der Waals surface area contributed by atoms with E-state index in [0.29, 0.717) is 17.3 Å². The Bertz CT molecular complexity index is 800. The summed E-state index contributed by atoms with van der Waals surface area (Å²) in [7, 11) is 0. The fourth-order valence-corrected chi connectivity index (χ4v) is 4.01. The van der Waals surface area contributed by atoms with Gasteiger partial charge in [0.15, 0.2) is 0 Å². The lowest BCUT2D eigenvalue weighted by atomic mass is 10.0. The first-order chi connectivity index (χ1) is 12.7. The highest BCUT2D eigenvalue weighted by molar-refractivity contribution is 8.00. The molecule has 26 heavy (non-hydrogen) atoms. The van der Waals surface area contributed by atoms with Gasteiger partial charge in [-0.1, -0.05) is 90.5 Å². The van der Waals surface area contributed by atoms with E-state index in [0.717, 1.165) is 5.56 Å². The van der Waals surface area contributed by atoms with E-state index in [1.54, 1.807) is 11.8 Å². The minimum absolute atomic E-state index is 0.00628. The van der Waals surface area contributed by atoms with Crippen molar-refractivity contribution in [2.45, 2.75) is 11.8 Å². The summed E-state index contributed by atoms with van der Waals surface area (Å²) >= 11 is 7.77. The highest BCUT2D eigenvalue weighted by Crippen LogP contribution is 2.35. The van der Waals surface area contributed by atoms with E-state index >= 15 is 0 Å². The molecule has 3 rings (SSSR count). The number of thioether (sulfide) groups is 1. The maximum absolute atomic E-state index is 12.3. The number of rotatable bonds is 7. The van der Waals surface area contributed by atoms with Crippen molar-refractivity contribution < 1.29 is 4.79 Å². The molecule has 3 aromatic rings. The summed E-state index contributed by atoms with van der Waals surface area (Å²) in [4.78, 5) is 12.3. The van der Waals surface area contributed by atoms with Crippen LogP contribution in [0.15, 0.2) is 84.9 Å². The van der Waals surface area contributed by atoms with Gasteiger partial charge in [0.05, 0.1) is 11.0 Å². The lowest BCUT2D eigenvalue weighted by Gasteiger charge is -2.17. The van der Waals surface area contributed by atoms with Crippen molar-refractivity contribution >= 4 is 29.3 Å². The zero-order valence-corrected chi connectivity index (χ0v) is 15.8. The lowest BCUT2D eigenvalue weighted by molar-refractivity contribution is -0.118. The van der Waals surface area contributed by atoms with Gasteiger partial charge in [0.2, 0.25) is 5.91 Å². The molecule has 3 aromatic carbocycles. The summed E-state index contributed by atoms with van der Waals surface area (Å²) in [6.07, 6.45) is 0. The Morgan fingerprint density at radius 3 is 1.96 bits per heavy atom. The van der Waals surface area contributed by atoms with Gasteiger partial charge in [-0.15, -0.1) is 11.8 Å². The van der Waals surface area contributed by atoms with Gasteiger partial charge in [-0.25, -0.2) is 0 Å². The number of hydrogen-bond donors (Lipinski definition) is 1. The Kier molecular flexibility index (Phi) is 6.75. The van der Waals surface area contributed by atoms with E-state index in [4.69, 9.17) is 11.6 Å². The van der Waals surface area contributed by atoms with Gasteiger partial charge in [-0.3, -0.25) is 4.79 Å². The van der Waals surface area contributed by atoms with E-state index in [9.17, 15) is 4.79 Å². The van der Waals surface area contributed by atoms with Crippen LogP contribution in [0.1, 0.15) is 21.9 Å². The Morgan fingerprint density at radius 1 is 0.846 bits per heavy atom. The van der Waals surface area contributed by atoms with Crippen molar-refractivity contribution in [2.75, 3.05) is 5.75 Å². The fourth-order valence-electron chi connectivity index (χ4n) is 2.69. The van der Waals surface area contributed by atoms with Crippen LogP contribution >= 0.6 is 23.4 Å². The maximum Gasteiger partial charge on any atom is 0.230 e. The smallest absolute Gasteiger partial charge is 0.230 e. The van der Waals surface area contributed by atoms with E-state index in [1.807, 2.05) is 60.7 Å². The zero-order valence-electron chi connectivity index (χ0n) is 14.3. The van der Waals surface area contributed by atoms with Gasteiger partial charge in [-0.2, -0.15) is 0 Å². The van der Waals surface area contributed by atoms with Gasteiger partial charge in [0.25, 0.3) is 0 Å². The summed E-state index contributed by atoms with van der Waals surface area (Å²) in [5, 5.41) is 3.76. The molecule has 0 saturated carbocycles. The number of carbonyl (C=O) groups is 1. The molecule has 0 bridgehead atoms. The minimum Gasteiger partial charge on any atom is -0.351 e. The van der Waals surface area contributed by atoms with Gasteiger partial charge >= 0.3 is 0 Å². The molecule has 0 spiro atoms. The number of amides is 1. The average molecular weight is 382 g/mol. The van der Waals surface area contributed by atoms with Gasteiger partial charge in [0, 0.05) is 11.6 Å². The topological polar surface area (TPSA) is 29.1 Å². The fraction of sp³-hybridized carbons (Fsp3) is 0.136. The number of halogens is 1. The third-order valence-corrected chi connectivity index (χ3v) is 5.69. The molecule has 0 saturated heterocycles. The molecule has 0 fully saturated rings. The van der Waals surface area contributed by atoms with Crippen molar-refractivity contribution in [2.24, 2.45) is 0 Å². The maximum atomic E-state index is 12.3. The second-order valence-electron chi connectivity index (χ2n) is 5.88. The van der Waals surface area contributed by atoms with Crippen LogP contribution in [0.5, 0.6) is 0 Å². The van der Waals surface area contributed by atoms with Crippen LogP contribution in [0, 0.1) is 0 Å². The summed E-state index contributed by atoms with van der Waals surface area (Å²) in [6, 6.07) is 28.1. The summed E-state index contributed by atoms with van der Waals surface area (Å²) in [5.41, 5.74) is 3.32. The van der Waals surface area contributed by atoms with Crippen molar-refractivity contribution in [3.05, 3.63) is 107 Å². The SMILES string of the molecule is O=C(CSC(c1ccccc1)c1ccccc1)NCc1ccccc1Cl. The highest BCUT2D eigenvalue weighted by atomic mass is 35.5. The van der Waals surface area contributed by atoms with Crippen LogP contribution in [0.4, 0.5) is 0 Å². The molecule has 0 aromatic heterocycles. The van der Waals surface area contributed by atoms with Crippen LogP contribution < -0.4 is 5.32 Å². The van der Waals surface area contributed by atoms with Crippen LogP contribution in [0.25, 0.3) is 0 Å². The summed E-state index contributed by atoms with van der Waals surface area (Å²) in [6.45, 7) is 0.445. The molecule has 1 amide bonds. The third kappa shape index (κ3) is 5.13. The molecule has 0 aliphatic rings. The largest absolute Gasteiger partial charge is 0.351 e. The van der Waals surface area contributed by atoms with Crippen LogP contribution in [0.3, 0.4) is 0 Å². The highest BCUT2D eigenvalue weighted by Gasteiger charge is 2.16. The molecular weight excluding hydrogens is 362 g/mol. The lowest BCUT2D eigenvalue weighted by Crippen LogP contribution is -2.25. The van der Waals surface area contributed by atoms with Crippen LogP contribution in [-0.4, -0.2) is 11.7 Å². The van der Waals surface area contributed by atoms with Gasteiger partial charge in [-0.05, 0) is 22.8 Å². The number of nitrogens with one attached hydrogen (secondary N) is 1. The van der Waals surface area contributed by atoms with Gasteiger partial charge < -0.3 is 5.32 Å². The van der Waals surface area contributed by atoms with E-state index in [-0.39, 0.29) is 11.2 Å². The van der Waals surface area contributed by atoms with Crippen molar-refractivity contribution in [3.8, 4) is 0 Å².